The number of nitrogens with zero attached hydrogens (tertiary/aromatic N) is 2. The number of benzene rings is 3. The van der Waals surface area contributed by atoms with E-state index in [9.17, 15) is 18.0 Å². The van der Waals surface area contributed by atoms with Gasteiger partial charge in [-0.2, -0.15) is 0 Å². The molecule has 0 aliphatic heterocycles. The van der Waals surface area contributed by atoms with Crippen molar-refractivity contribution in [3.05, 3.63) is 90.0 Å². The highest BCUT2D eigenvalue weighted by atomic mass is 32.2. The third kappa shape index (κ3) is 7.63. The van der Waals surface area contributed by atoms with E-state index < -0.39 is 28.5 Å². The maximum Gasteiger partial charge on any atom is 0.264 e. The molecule has 0 spiro atoms. The first-order valence-corrected chi connectivity index (χ1v) is 15.0. The maximum absolute atomic E-state index is 14.1. The normalized spacial score (nSPS) is 11.9. The summed E-state index contributed by atoms with van der Waals surface area (Å²) >= 11 is 0. The van der Waals surface area contributed by atoms with E-state index in [2.05, 4.69) is 5.32 Å². The molecule has 0 aliphatic carbocycles. The largest absolute Gasteiger partial charge is 0.497 e. The summed E-state index contributed by atoms with van der Waals surface area (Å²) in [6.07, 6.45) is 2.13. The van der Waals surface area contributed by atoms with Crippen LogP contribution in [-0.2, 0) is 26.2 Å². The summed E-state index contributed by atoms with van der Waals surface area (Å²) < 4.78 is 34.2. The Hall–Kier alpha value is -3.85. The third-order valence-electron chi connectivity index (χ3n) is 6.77. The second kappa shape index (κ2) is 14.5. The van der Waals surface area contributed by atoms with Crippen molar-refractivity contribution in [2.45, 2.75) is 57.5 Å². The Balaban J connectivity index is 2.05. The lowest BCUT2D eigenvalue weighted by Gasteiger charge is -2.33. The summed E-state index contributed by atoms with van der Waals surface area (Å²) in [5, 5.41) is 2.95. The number of carbonyl (C=O) groups excluding carboxylic acids is 2. The van der Waals surface area contributed by atoms with E-state index >= 15 is 0 Å². The molecule has 3 rings (SSSR count). The first-order valence-electron chi connectivity index (χ1n) is 13.6. The Bertz CT molecular complexity index is 1380. The predicted octanol–water partition coefficient (Wildman–Crippen LogP) is 4.92. The lowest BCUT2D eigenvalue weighted by atomic mass is 10.1. The van der Waals surface area contributed by atoms with Gasteiger partial charge in [-0.15, -0.1) is 0 Å². The fourth-order valence-electron chi connectivity index (χ4n) is 4.41. The summed E-state index contributed by atoms with van der Waals surface area (Å²) in [4.78, 5) is 28.9. The lowest BCUT2D eigenvalue weighted by molar-refractivity contribution is -0.140. The molecule has 9 heteroatoms. The molecule has 3 aromatic rings. The van der Waals surface area contributed by atoms with Gasteiger partial charge in [0.2, 0.25) is 11.8 Å². The van der Waals surface area contributed by atoms with Gasteiger partial charge in [-0.3, -0.25) is 13.9 Å². The molecule has 0 saturated heterocycles. The number of methoxy groups -OCH3 is 1. The van der Waals surface area contributed by atoms with Gasteiger partial charge >= 0.3 is 0 Å². The highest BCUT2D eigenvalue weighted by molar-refractivity contribution is 7.92. The predicted molar refractivity (Wildman–Crippen MR) is 158 cm³/mol. The van der Waals surface area contributed by atoms with Gasteiger partial charge in [-0.25, -0.2) is 8.42 Å². The highest BCUT2D eigenvalue weighted by Crippen LogP contribution is 2.28. The SMILES string of the molecule is CCCCNC(=O)[C@H](CC)N(Cc1ccccc1C)C(=O)CN(c1cccc(OC)c1)S(=O)(=O)c1ccccc1. The highest BCUT2D eigenvalue weighted by Gasteiger charge is 2.33. The van der Waals surface area contributed by atoms with Crippen molar-refractivity contribution in [1.29, 1.82) is 0 Å². The molecule has 0 unspecified atom stereocenters. The van der Waals surface area contributed by atoms with Crippen molar-refractivity contribution in [2.24, 2.45) is 0 Å². The standard InChI is InChI=1S/C31H39N3O5S/c1-5-7-20-32-31(36)29(6-2)33(22-25-15-12-11-14-24(25)3)30(35)23-34(26-16-13-17-27(21-26)39-4)40(37,38)28-18-9-8-10-19-28/h8-19,21,29H,5-7,20,22-23H2,1-4H3,(H,32,36)/t29-/m0/s1. The van der Waals surface area contributed by atoms with Crippen molar-refractivity contribution in [2.75, 3.05) is 24.5 Å². The molecule has 0 aromatic heterocycles. The van der Waals surface area contributed by atoms with E-state index in [0.29, 0.717) is 18.7 Å². The van der Waals surface area contributed by atoms with Gasteiger partial charge in [0.15, 0.2) is 0 Å². The molecule has 40 heavy (non-hydrogen) atoms. The molecule has 0 heterocycles. The number of anilines is 1. The summed E-state index contributed by atoms with van der Waals surface area (Å²) in [6, 6.07) is 21.5. The third-order valence-corrected chi connectivity index (χ3v) is 8.56. The molecule has 3 aromatic carbocycles. The summed E-state index contributed by atoms with van der Waals surface area (Å²) in [6.45, 7) is 6.03. The van der Waals surface area contributed by atoms with Crippen LogP contribution in [0.4, 0.5) is 5.69 Å². The zero-order chi connectivity index (χ0) is 29.1. The van der Waals surface area contributed by atoms with E-state index in [1.54, 1.807) is 42.5 Å². The van der Waals surface area contributed by atoms with Gasteiger partial charge in [0, 0.05) is 19.2 Å². The molecule has 0 aliphatic rings. The number of unbranched alkanes of at least 4 members (excludes halogenated alkanes) is 1. The Morgan fingerprint density at radius 1 is 0.950 bits per heavy atom. The molecular weight excluding hydrogens is 526 g/mol. The number of ether oxygens (including phenoxy) is 1. The Kier molecular flexibility index (Phi) is 11.1. The molecule has 2 amide bonds. The fourth-order valence-corrected chi connectivity index (χ4v) is 5.84. The molecule has 0 saturated carbocycles. The van der Waals surface area contributed by atoms with E-state index in [4.69, 9.17) is 4.74 Å². The van der Waals surface area contributed by atoms with Crippen LogP contribution >= 0.6 is 0 Å². The van der Waals surface area contributed by atoms with Crippen LogP contribution < -0.4 is 14.4 Å². The molecule has 0 radical (unpaired) electrons. The van der Waals surface area contributed by atoms with Crippen LogP contribution in [0.3, 0.4) is 0 Å². The summed E-state index contributed by atoms with van der Waals surface area (Å²) in [5.41, 5.74) is 2.14. The average molecular weight is 566 g/mol. The van der Waals surface area contributed by atoms with Gasteiger partial charge in [0.25, 0.3) is 10.0 Å². The van der Waals surface area contributed by atoms with Gasteiger partial charge in [0.1, 0.15) is 18.3 Å². The van der Waals surface area contributed by atoms with E-state index in [1.165, 1.54) is 24.1 Å². The smallest absolute Gasteiger partial charge is 0.264 e. The second-order valence-corrected chi connectivity index (χ2v) is 11.4. The minimum Gasteiger partial charge on any atom is -0.497 e. The van der Waals surface area contributed by atoms with E-state index in [-0.39, 0.29) is 23.0 Å². The van der Waals surface area contributed by atoms with Crippen molar-refractivity contribution >= 4 is 27.5 Å². The van der Waals surface area contributed by atoms with Crippen molar-refractivity contribution in [1.82, 2.24) is 10.2 Å². The molecule has 1 atom stereocenters. The minimum absolute atomic E-state index is 0.0559. The van der Waals surface area contributed by atoms with Crippen LogP contribution in [0.2, 0.25) is 0 Å². The van der Waals surface area contributed by atoms with Crippen LogP contribution in [0.25, 0.3) is 0 Å². The molecule has 8 nitrogen and oxygen atoms in total. The van der Waals surface area contributed by atoms with Crippen molar-refractivity contribution < 1.29 is 22.7 Å². The summed E-state index contributed by atoms with van der Waals surface area (Å²) in [7, 11) is -2.64. The molecular formula is C31H39N3O5S. The van der Waals surface area contributed by atoms with Crippen molar-refractivity contribution in [3.63, 3.8) is 0 Å². The molecule has 1 N–H and O–H groups in total. The zero-order valence-electron chi connectivity index (χ0n) is 23.7. The van der Waals surface area contributed by atoms with Gasteiger partial charge < -0.3 is 15.0 Å². The first kappa shape index (κ1) is 30.7. The van der Waals surface area contributed by atoms with Crippen LogP contribution in [0.5, 0.6) is 5.75 Å². The van der Waals surface area contributed by atoms with Crippen LogP contribution in [0.1, 0.15) is 44.2 Å². The van der Waals surface area contributed by atoms with E-state index in [1.807, 2.05) is 45.0 Å². The van der Waals surface area contributed by atoms with E-state index in [0.717, 1.165) is 28.3 Å². The minimum atomic E-state index is -4.13. The van der Waals surface area contributed by atoms with Gasteiger partial charge in [-0.1, -0.05) is 68.8 Å². The number of aryl methyl sites for hydroxylation is 1. The van der Waals surface area contributed by atoms with Gasteiger partial charge in [0.05, 0.1) is 17.7 Å². The monoisotopic (exact) mass is 565 g/mol. The average Bonchev–Trinajstić information content (AvgIpc) is 2.97. The number of hydrogen-bond acceptors (Lipinski definition) is 5. The Morgan fingerprint density at radius 3 is 2.30 bits per heavy atom. The zero-order valence-corrected chi connectivity index (χ0v) is 24.5. The summed E-state index contributed by atoms with van der Waals surface area (Å²) in [5.74, 6) is -0.281. The quantitative estimate of drug-likeness (QED) is 0.280. The first-order chi connectivity index (χ1) is 19.2. The van der Waals surface area contributed by atoms with Gasteiger partial charge in [-0.05, 0) is 55.2 Å². The fraction of sp³-hybridized carbons (Fsp3) is 0.355. The van der Waals surface area contributed by atoms with Crippen LogP contribution in [-0.4, -0.2) is 51.4 Å². The van der Waals surface area contributed by atoms with Crippen LogP contribution in [0, 0.1) is 6.92 Å². The molecule has 0 fully saturated rings. The molecule has 0 bridgehead atoms. The number of sulfonamides is 1. The number of hydrogen-bond donors (Lipinski definition) is 1. The lowest BCUT2D eigenvalue weighted by Crippen LogP contribution is -2.52. The second-order valence-electron chi connectivity index (χ2n) is 9.54. The molecule has 214 valence electrons. The topological polar surface area (TPSA) is 96.0 Å². The number of rotatable bonds is 14. The number of carbonyl (C=O) groups is 2. The Labute approximate surface area is 238 Å². The number of nitrogens with one attached hydrogen (secondary N) is 1. The Morgan fingerprint density at radius 2 is 1.65 bits per heavy atom. The van der Waals surface area contributed by atoms with Crippen LogP contribution in [0.15, 0.2) is 83.8 Å². The van der Waals surface area contributed by atoms with Crippen molar-refractivity contribution in [3.8, 4) is 5.75 Å². The number of amides is 2. The maximum atomic E-state index is 14.1.